The van der Waals surface area contributed by atoms with E-state index < -0.39 is 0 Å². The van der Waals surface area contributed by atoms with Crippen LogP contribution in [0.2, 0.25) is 0 Å². The van der Waals surface area contributed by atoms with Crippen LogP contribution in [0.15, 0.2) is 30.3 Å². The van der Waals surface area contributed by atoms with Gasteiger partial charge in [-0.2, -0.15) is 4.98 Å². The number of halogens is 1. The van der Waals surface area contributed by atoms with Crippen LogP contribution in [0.25, 0.3) is 10.9 Å². The Labute approximate surface area is 169 Å². The lowest BCUT2D eigenvalue weighted by Crippen LogP contribution is -2.16. The molecule has 0 fully saturated rings. The molecule has 0 amide bonds. The number of hydrogen-bond acceptors (Lipinski definition) is 8. The highest BCUT2D eigenvalue weighted by Gasteiger charge is 2.15. The molecular weight excluding hydrogens is 382 g/mol. The molecule has 0 saturated carbocycles. The second kappa shape index (κ2) is 8.71. The number of benzene rings is 2. The van der Waals surface area contributed by atoms with Crippen LogP contribution >= 0.6 is 12.4 Å². The van der Waals surface area contributed by atoms with Crippen LogP contribution in [0.4, 0.5) is 17.5 Å². The third kappa shape index (κ3) is 4.07. The number of hydrogen-bond donors (Lipinski definition) is 2. The number of rotatable bonds is 6. The zero-order valence-corrected chi connectivity index (χ0v) is 17.0. The fourth-order valence-corrected chi connectivity index (χ4v) is 2.99. The van der Waals surface area contributed by atoms with Crippen molar-refractivity contribution >= 4 is 40.8 Å². The predicted octanol–water partition coefficient (Wildman–Crippen LogP) is 2.88. The molecule has 28 heavy (non-hydrogen) atoms. The zero-order chi connectivity index (χ0) is 19.6. The maximum atomic E-state index is 5.99. The van der Waals surface area contributed by atoms with E-state index in [4.69, 9.17) is 25.7 Å². The number of ether oxygens (including phenoxy) is 3. The standard InChI is InChI=1S/C19H23N5O3.ClH/c1-24(10-11-7-15(25-2)17(27-4)16(8-11)26-3)12-5-6-14-13(9-12)18(20)23-19(21)22-14;/h5-9H,10H2,1-4H3,(H4,20,21,22,23);1H. The molecule has 0 atom stereocenters. The first-order valence-corrected chi connectivity index (χ1v) is 8.29. The van der Waals surface area contributed by atoms with Crippen molar-refractivity contribution in [1.82, 2.24) is 9.97 Å². The molecule has 0 saturated heterocycles. The van der Waals surface area contributed by atoms with E-state index in [-0.39, 0.29) is 18.4 Å². The van der Waals surface area contributed by atoms with E-state index in [1.165, 1.54) is 0 Å². The van der Waals surface area contributed by atoms with E-state index >= 15 is 0 Å². The summed E-state index contributed by atoms with van der Waals surface area (Å²) in [4.78, 5) is 10.3. The minimum Gasteiger partial charge on any atom is -0.493 e. The van der Waals surface area contributed by atoms with Crippen LogP contribution in [0.5, 0.6) is 17.2 Å². The number of methoxy groups -OCH3 is 3. The number of fused-ring (bicyclic) bond motifs is 1. The average molecular weight is 406 g/mol. The van der Waals surface area contributed by atoms with Crippen LogP contribution < -0.4 is 30.6 Å². The first-order valence-electron chi connectivity index (χ1n) is 8.29. The fourth-order valence-electron chi connectivity index (χ4n) is 2.99. The maximum Gasteiger partial charge on any atom is 0.222 e. The largest absolute Gasteiger partial charge is 0.493 e. The Kier molecular flexibility index (Phi) is 6.58. The number of nitrogen functional groups attached to an aromatic ring is 2. The second-order valence-electron chi connectivity index (χ2n) is 6.06. The van der Waals surface area contributed by atoms with Gasteiger partial charge < -0.3 is 30.6 Å². The van der Waals surface area contributed by atoms with Crippen molar-refractivity contribution < 1.29 is 14.2 Å². The smallest absolute Gasteiger partial charge is 0.222 e. The van der Waals surface area contributed by atoms with Crippen molar-refractivity contribution in [2.75, 3.05) is 44.7 Å². The maximum absolute atomic E-state index is 5.99. The monoisotopic (exact) mass is 405 g/mol. The highest BCUT2D eigenvalue weighted by Crippen LogP contribution is 2.38. The summed E-state index contributed by atoms with van der Waals surface area (Å²) < 4.78 is 16.2. The summed E-state index contributed by atoms with van der Waals surface area (Å²) in [6.45, 7) is 0.623. The lowest BCUT2D eigenvalue weighted by Gasteiger charge is -2.21. The van der Waals surface area contributed by atoms with Crippen molar-refractivity contribution in [3.63, 3.8) is 0 Å². The molecule has 2 aromatic carbocycles. The summed E-state index contributed by atoms with van der Waals surface area (Å²) in [5.41, 5.74) is 14.3. The quantitative estimate of drug-likeness (QED) is 0.644. The Morgan fingerprint density at radius 1 is 0.929 bits per heavy atom. The van der Waals surface area contributed by atoms with Gasteiger partial charge in [-0.1, -0.05) is 0 Å². The second-order valence-corrected chi connectivity index (χ2v) is 6.06. The molecule has 4 N–H and O–H groups in total. The first kappa shape index (κ1) is 21.2. The third-order valence-corrected chi connectivity index (χ3v) is 4.31. The molecule has 0 aliphatic carbocycles. The van der Waals surface area contributed by atoms with Gasteiger partial charge in [-0.05, 0) is 35.9 Å². The van der Waals surface area contributed by atoms with Gasteiger partial charge in [0.25, 0.3) is 0 Å². The van der Waals surface area contributed by atoms with Gasteiger partial charge in [-0.15, -0.1) is 12.4 Å². The molecule has 3 aromatic rings. The van der Waals surface area contributed by atoms with Gasteiger partial charge in [0.1, 0.15) is 5.82 Å². The van der Waals surface area contributed by atoms with Crippen LogP contribution in [0, 0.1) is 0 Å². The van der Waals surface area contributed by atoms with E-state index in [1.54, 1.807) is 21.3 Å². The van der Waals surface area contributed by atoms with E-state index in [9.17, 15) is 0 Å². The Morgan fingerprint density at radius 3 is 2.14 bits per heavy atom. The van der Waals surface area contributed by atoms with Crippen molar-refractivity contribution in [3.05, 3.63) is 35.9 Å². The Bertz CT molecular complexity index is 958. The molecule has 3 rings (SSSR count). The van der Waals surface area contributed by atoms with Crippen LogP contribution in [-0.2, 0) is 6.54 Å². The van der Waals surface area contributed by atoms with Gasteiger partial charge >= 0.3 is 0 Å². The summed E-state index contributed by atoms with van der Waals surface area (Å²) in [7, 11) is 6.77. The third-order valence-electron chi connectivity index (χ3n) is 4.31. The molecular formula is C19H24ClN5O3. The first-order chi connectivity index (χ1) is 13.0. The normalized spacial score (nSPS) is 10.3. The summed E-state index contributed by atoms with van der Waals surface area (Å²) in [6.07, 6.45) is 0. The molecule has 150 valence electrons. The zero-order valence-electron chi connectivity index (χ0n) is 16.2. The number of nitrogens with two attached hydrogens (primary N) is 2. The van der Waals surface area contributed by atoms with Crippen molar-refractivity contribution in [1.29, 1.82) is 0 Å². The van der Waals surface area contributed by atoms with Gasteiger partial charge in [-0.25, -0.2) is 4.98 Å². The van der Waals surface area contributed by atoms with Gasteiger partial charge in [0.05, 0.1) is 26.8 Å². The lowest BCUT2D eigenvalue weighted by molar-refractivity contribution is 0.324. The SMILES string of the molecule is COc1cc(CN(C)c2ccc3nc(N)nc(N)c3c2)cc(OC)c1OC.Cl. The minimum atomic E-state index is 0. The average Bonchev–Trinajstić information content (AvgIpc) is 2.66. The molecule has 0 unspecified atom stereocenters. The summed E-state index contributed by atoms with van der Waals surface area (Å²) in [5, 5.41) is 0.762. The van der Waals surface area contributed by atoms with Crippen molar-refractivity contribution in [2.24, 2.45) is 0 Å². The molecule has 9 heteroatoms. The minimum absolute atomic E-state index is 0. The Balaban J connectivity index is 0.00000280. The van der Waals surface area contributed by atoms with Crippen molar-refractivity contribution in [2.45, 2.75) is 6.54 Å². The highest BCUT2D eigenvalue weighted by molar-refractivity contribution is 5.91. The molecule has 8 nitrogen and oxygen atoms in total. The predicted molar refractivity (Wildman–Crippen MR) is 114 cm³/mol. The molecule has 0 spiro atoms. The van der Waals surface area contributed by atoms with Crippen LogP contribution in [0.3, 0.4) is 0 Å². The van der Waals surface area contributed by atoms with Gasteiger partial charge in [0.15, 0.2) is 11.5 Å². The Morgan fingerprint density at radius 2 is 1.57 bits per heavy atom. The topological polar surface area (TPSA) is 109 Å². The van der Waals surface area contributed by atoms with Crippen LogP contribution in [-0.4, -0.2) is 38.3 Å². The number of aromatic nitrogens is 2. The van der Waals surface area contributed by atoms with E-state index in [0.29, 0.717) is 35.1 Å². The van der Waals surface area contributed by atoms with E-state index in [2.05, 4.69) is 14.9 Å². The molecule has 0 radical (unpaired) electrons. The lowest BCUT2D eigenvalue weighted by atomic mass is 10.1. The summed E-state index contributed by atoms with van der Waals surface area (Å²) in [5.74, 6) is 2.33. The van der Waals surface area contributed by atoms with E-state index in [0.717, 1.165) is 16.6 Å². The highest BCUT2D eigenvalue weighted by atomic mass is 35.5. The molecule has 0 aliphatic rings. The number of anilines is 3. The van der Waals surface area contributed by atoms with Crippen molar-refractivity contribution in [3.8, 4) is 17.2 Å². The number of nitrogens with zero attached hydrogens (tertiary/aromatic N) is 3. The van der Waals surface area contributed by atoms with Gasteiger partial charge in [0, 0.05) is 24.7 Å². The summed E-state index contributed by atoms with van der Waals surface area (Å²) >= 11 is 0. The molecule has 1 heterocycles. The summed E-state index contributed by atoms with van der Waals surface area (Å²) in [6, 6.07) is 9.65. The fraction of sp³-hybridized carbons (Fsp3) is 0.263. The van der Waals surface area contributed by atoms with Gasteiger partial charge in [-0.3, -0.25) is 0 Å². The molecule has 0 aliphatic heterocycles. The molecule has 0 bridgehead atoms. The van der Waals surface area contributed by atoms with E-state index in [1.807, 2.05) is 37.4 Å². The Hall–Kier alpha value is -3.13. The molecule has 1 aromatic heterocycles. The van der Waals surface area contributed by atoms with Crippen LogP contribution in [0.1, 0.15) is 5.56 Å². The van der Waals surface area contributed by atoms with Gasteiger partial charge in [0.2, 0.25) is 11.7 Å².